The second-order valence-electron chi connectivity index (χ2n) is 4.97. The zero-order valence-corrected chi connectivity index (χ0v) is 12.0. The van der Waals surface area contributed by atoms with E-state index in [1.165, 1.54) is 6.07 Å². The van der Waals surface area contributed by atoms with Crippen LogP contribution in [-0.2, 0) is 0 Å². The van der Waals surface area contributed by atoms with Crippen LogP contribution in [0.1, 0.15) is 18.5 Å². The van der Waals surface area contributed by atoms with Crippen LogP contribution in [-0.4, -0.2) is 25.0 Å². The number of nitrogens with one attached hydrogen (secondary N) is 1. The number of halogens is 1. The van der Waals surface area contributed by atoms with Crippen molar-refractivity contribution in [3.05, 3.63) is 66.0 Å². The van der Waals surface area contributed by atoms with Gasteiger partial charge >= 0.3 is 0 Å². The molecule has 0 bridgehead atoms. The maximum atomic E-state index is 13.7. The van der Waals surface area contributed by atoms with Crippen LogP contribution in [0.3, 0.4) is 0 Å². The Bertz CT molecular complexity index is 528. The molecule has 2 aromatic carbocycles. The molecule has 0 aliphatic heterocycles. The molecule has 106 valence electrons. The summed E-state index contributed by atoms with van der Waals surface area (Å²) in [7, 11) is 2.02. The minimum absolute atomic E-state index is 0.0637. The maximum Gasteiger partial charge on any atom is 0.127 e. The Hall–Kier alpha value is -1.87. The maximum absolute atomic E-state index is 13.7. The minimum Gasteiger partial charge on any atom is -0.384 e. The van der Waals surface area contributed by atoms with E-state index in [9.17, 15) is 4.39 Å². The Labute approximate surface area is 120 Å². The first kappa shape index (κ1) is 14.5. The number of nitrogens with zero attached hydrogens (tertiary/aromatic N) is 1. The van der Waals surface area contributed by atoms with E-state index in [1.54, 1.807) is 6.07 Å². The number of rotatable bonds is 6. The Kier molecular flexibility index (Phi) is 5.13. The van der Waals surface area contributed by atoms with Gasteiger partial charge in [0.2, 0.25) is 0 Å². The summed E-state index contributed by atoms with van der Waals surface area (Å²) in [4.78, 5) is 2.15. The fraction of sp³-hybridized carbons (Fsp3) is 0.294. The molecule has 0 aliphatic carbocycles. The van der Waals surface area contributed by atoms with Crippen molar-refractivity contribution in [3.63, 3.8) is 0 Å². The molecule has 0 aliphatic rings. The molecule has 2 nitrogen and oxygen atoms in total. The fourth-order valence-electron chi connectivity index (χ4n) is 2.18. The van der Waals surface area contributed by atoms with Crippen molar-refractivity contribution in [1.29, 1.82) is 0 Å². The predicted octanol–water partition coefficient (Wildman–Crippen LogP) is 3.93. The van der Waals surface area contributed by atoms with Gasteiger partial charge in [-0.2, -0.15) is 0 Å². The molecule has 20 heavy (non-hydrogen) atoms. The van der Waals surface area contributed by atoms with E-state index in [1.807, 2.05) is 56.4 Å². The lowest BCUT2D eigenvalue weighted by molar-refractivity contribution is 0.266. The highest BCUT2D eigenvalue weighted by Crippen LogP contribution is 2.21. The van der Waals surface area contributed by atoms with Gasteiger partial charge in [-0.25, -0.2) is 4.39 Å². The molecule has 1 atom stereocenters. The van der Waals surface area contributed by atoms with Crippen molar-refractivity contribution in [2.75, 3.05) is 25.5 Å². The van der Waals surface area contributed by atoms with Crippen molar-refractivity contribution in [2.45, 2.75) is 13.0 Å². The van der Waals surface area contributed by atoms with Crippen LogP contribution in [0.25, 0.3) is 0 Å². The second kappa shape index (κ2) is 7.06. The smallest absolute Gasteiger partial charge is 0.127 e. The first-order valence-corrected chi connectivity index (χ1v) is 6.92. The first-order valence-electron chi connectivity index (χ1n) is 6.92. The van der Waals surface area contributed by atoms with E-state index in [-0.39, 0.29) is 11.9 Å². The van der Waals surface area contributed by atoms with Gasteiger partial charge in [0.05, 0.1) is 0 Å². The van der Waals surface area contributed by atoms with Gasteiger partial charge in [-0.3, -0.25) is 4.90 Å². The SMILES string of the molecule is CC(c1ccccc1F)N(C)CCNc1ccccc1. The molecule has 0 fully saturated rings. The van der Waals surface area contributed by atoms with Crippen LogP contribution < -0.4 is 5.32 Å². The van der Waals surface area contributed by atoms with Gasteiger partial charge in [0.25, 0.3) is 0 Å². The van der Waals surface area contributed by atoms with Crippen LogP contribution in [0.5, 0.6) is 0 Å². The average molecular weight is 272 g/mol. The Balaban J connectivity index is 1.86. The third kappa shape index (κ3) is 3.81. The molecule has 0 spiro atoms. The lowest BCUT2D eigenvalue weighted by atomic mass is 10.1. The molecule has 1 N–H and O–H groups in total. The first-order chi connectivity index (χ1) is 9.68. The highest BCUT2D eigenvalue weighted by molar-refractivity contribution is 5.42. The molecule has 3 heteroatoms. The highest BCUT2D eigenvalue weighted by atomic mass is 19.1. The minimum atomic E-state index is -0.136. The van der Waals surface area contributed by atoms with E-state index >= 15 is 0 Å². The molecule has 0 saturated heterocycles. The fourth-order valence-corrected chi connectivity index (χ4v) is 2.18. The molecule has 0 aromatic heterocycles. The largest absolute Gasteiger partial charge is 0.384 e. The van der Waals surface area contributed by atoms with Crippen LogP contribution >= 0.6 is 0 Å². The number of hydrogen-bond donors (Lipinski definition) is 1. The summed E-state index contributed by atoms with van der Waals surface area (Å²) in [5.74, 6) is -0.136. The van der Waals surface area contributed by atoms with E-state index in [4.69, 9.17) is 0 Å². The summed E-state index contributed by atoms with van der Waals surface area (Å²) in [6.07, 6.45) is 0. The molecular formula is C17H21FN2. The zero-order chi connectivity index (χ0) is 14.4. The van der Waals surface area contributed by atoms with Crippen LogP contribution in [0, 0.1) is 5.82 Å². The van der Waals surface area contributed by atoms with E-state index in [0.717, 1.165) is 24.3 Å². The molecule has 0 radical (unpaired) electrons. The zero-order valence-electron chi connectivity index (χ0n) is 12.0. The van der Waals surface area contributed by atoms with Crippen molar-refractivity contribution in [2.24, 2.45) is 0 Å². The van der Waals surface area contributed by atoms with Gasteiger partial charge in [-0.15, -0.1) is 0 Å². The summed E-state index contributed by atoms with van der Waals surface area (Å²) in [6.45, 7) is 3.71. The van der Waals surface area contributed by atoms with Gasteiger partial charge in [-0.1, -0.05) is 36.4 Å². The number of benzene rings is 2. The number of likely N-dealkylation sites (N-methyl/N-ethyl adjacent to an activating group) is 1. The van der Waals surface area contributed by atoms with Crippen LogP contribution in [0.4, 0.5) is 10.1 Å². The van der Waals surface area contributed by atoms with E-state index in [0.29, 0.717) is 0 Å². The van der Waals surface area contributed by atoms with Crippen LogP contribution in [0.2, 0.25) is 0 Å². The van der Waals surface area contributed by atoms with Crippen molar-refractivity contribution in [1.82, 2.24) is 4.90 Å². The number of anilines is 1. The highest BCUT2D eigenvalue weighted by Gasteiger charge is 2.14. The summed E-state index contributed by atoms with van der Waals surface area (Å²) < 4.78 is 13.7. The van der Waals surface area contributed by atoms with Gasteiger partial charge < -0.3 is 5.32 Å². The van der Waals surface area contributed by atoms with E-state index < -0.39 is 0 Å². The van der Waals surface area contributed by atoms with Crippen molar-refractivity contribution < 1.29 is 4.39 Å². The van der Waals surface area contributed by atoms with Gasteiger partial charge in [0, 0.05) is 30.4 Å². The normalized spacial score (nSPS) is 12.4. The van der Waals surface area contributed by atoms with Gasteiger partial charge in [0.15, 0.2) is 0 Å². The standard InChI is InChI=1S/C17H21FN2/c1-14(16-10-6-7-11-17(16)18)20(2)13-12-19-15-8-4-3-5-9-15/h3-11,14,19H,12-13H2,1-2H3. The van der Waals surface area contributed by atoms with Gasteiger partial charge in [-0.05, 0) is 32.2 Å². The Morgan fingerprint density at radius 2 is 1.70 bits per heavy atom. The Morgan fingerprint density at radius 1 is 1.05 bits per heavy atom. The Morgan fingerprint density at radius 3 is 2.40 bits per heavy atom. The summed E-state index contributed by atoms with van der Waals surface area (Å²) in [5, 5.41) is 3.36. The number of para-hydroxylation sites is 1. The van der Waals surface area contributed by atoms with Crippen molar-refractivity contribution >= 4 is 5.69 Å². The molecule has 0 saturated carbocycles. The summed E-state index contributed by atoms with van der Waals surface area (Å²) >= 11 is 0. The lowest BCUT2D eigenvalue weighted by Gasteiger charge is -2.25. The molecule has 0 heterocycles. The van der Waals surface area contributed by atoms with E-state index in [2.05, 4.69) is 10.2 Å². The average Bonchev–Trinajstić information content (AvgIpc) is 2.48. The molecular weight excluding hydrogens is 251 g/mol. The number of hydrogen-bond acceptors (Lipinski definition) is 2. The lowest BCUT2D eigenvalue weighted by Crippen LogP contribution is -2.28. The second-order valence-corrected chi connectivity index (χ2v) is 4.97. The molecule has 2 rings (SSSR count). The molecule has 2 aromatic rings. The summed E-state index contributed by atoms with van der Waals surface area (Å²) in [5.41, 5.74) is 1.86. The quantitative estimate of drug-likeness (QED) is 0.857. The molecule has 0 amide bonds. The van der Waals surface area contributed by atoms with Crippen LogP contribution in [0.15, 0.2) is 54.6 Å². The topological polar surface area (TPSA) is 15.3 Å². The van der Waals surface area contributed by atoms with Crippen molar-refractivity contribution in [3.8, 4) is 0 Å². The van der Waals surface area contributed by atoms with Gasteiger partial charge in [0.1, 0.15) is 5.82 Å². The third-order valence-corrected chi connectivity index (χ3v) is 3.58. The predicted molar refractivity (Wildman–Crippen MR) is 82.4 cm³/mol. The monoisotopic (exact) mass is 272 g/mol. The summed E-state index contributed by atoms with van der Waals surface area (Å²) in [6, 6.07) is 17.1. The third-order valence-electron chi connectivity index (χ3n) is 3.58. The molecule has 1 unspecified atom stereocenters.